The molecule has 0 N–H and O–H groups in total. The van der Waals surface area contributed by atoms with Crippen LogP contribution in [-0.2, 0) is 4.79 Å². The molecule has 1 rings (SSSR count). The summed E-state index contributed by atoms with van der Waals surface area (Å²) in [6.45, 7) is 8.96. The summed E-state index contributed by atoms with van der Waals surface area (Å²) in [5.41, 5.74) is 0.361. The van der Waals surface area contributed by atoms with Crippen molar-refractivity contribution in [3.8, 4) is 0 Å². The second-order valence-electron chi connectivity index (χ2n) is 4.90. The molecule has 1 aliphatic rings. The number of rotatable bonds is 2. The summed E-state index contributed by atoms with van der Waals surface area (Å²) >= 11 is 0. The van der Waals surface area contributed by atoms with Crippen LogP contribution in [0, 0.1) is 23.2 Å². The van der Waals surface area contributed by atoms with Crippen molar-refractivity contribution in [1.82, 2.24) is 0 Å². The molecule has 1 aliphatic carbocycles. The van der Waals surface area contributed by atoms with Crippen molar-refractivity contribution >= 4 is 6.29 Å². The lowest BCUT2D eigenvalue weighted by molar-refractivity contribution is -0.113. The molecule has 0 saturated heterocycles. The highest BCUT2D eigenvalue weighted by molar-refractivity contribution is 5.53. The molecule has 0 aromatic rings. The maximum absolute atomic E-state index is 10.7. The predicted octanol–water partition coefficient (Wildman–Crippen LogP) is 2.89. The Morgan fingerprint density at radius 2 is 2.00 bits per heavy atom. The van der Waals surface area contributed by atoms with Gasteiger partial charge >= 0.3 is 0 Å². The molecule has 1 fully saturated rings. The van der Waals surface area contributed by atoms with E-state index in [1.807, 2.05) is 0 Å². The van der Waals surface area contributed by atoms with Gasteiger partial charge in [-0.05, 0) is 30.1 Å². The van der Waals surface area contributed by atoms with E-state index in [0.29, 0.717) is 11.3 Å². The molecule has 1 heteroatoms. The lowest BCUT2D eigenvalue weighted by atomic mass is 9.72. The van der Waals surface area contributed by atoms with Crippen LogP contribution < -0.4 is 0 Å². The third-order valence-corrected chi connectivity index (χ3v) is 3.99. The number of hydrogen-bond donors (Lipinski definition) is 0. The zero-order valence-corrected chi connectivity index (χ0v) is 8.63. The minimum absolute atomic E-state index is 0.241. The molecule has 0 radical (unpaired) electrons. The van der Waals surface area contributed by atoms with Gasteiger partial charge < -0.3 is 4.79 Å². The predicted molar refractivity (Wildman–Crippen MR) is 50.9 cm³/mol. The van der Waals surface area contributed by atoms with Crippen molar-refractivity contribution in [3.63, 3.8) is 0 Å². The van der Waals surface area contributed by atoms with E-state index in [4.69, 9.17) is 0 Å². The van der Waals surface area contributed by atoms with Gasteiger partial charge in [0.25, 0.3) is 0 Å². The Hall–Kier alpha value is -0.330. The van der Waals surface area contributed by atoms with Gasteiger partial charge in [0.05, 0.1) is 0 Å². The van der Waals surface area contributed by atoms with E-state index >= 15 is 0 Å². The Kier molecular flexibility index (Phi) is 2.60. The quantitative estimate of drug-likeness (QED) is 0.579. The maximum atomic E-state index is 10.7. The lowest BCUT2D eigenvalue weighted by Gasteiger charge is -2.33. The Labute approximate surface area is 75.5 Å². The van der Waals surface area contributed by atoms with Crippen LogP contribution in [0.2, 0.25) is 0 Å². The van der Waals surface area contributed by atoms with Crippen molar-refractivity contribution in [1.29, 1.82) is 0 Å². The summed E-state index contributed by atoms with van der Waals surface area (Å²) in [6, 6.07) is 0. The molecule has 0 spiro atoms. The molecule has 70 valence electrons. The van der Waals surface area contributed by atoms with Crippen LogP contribution in [0.1, 0.15) is 40.5 Å². The van der Waals surface area contributed by atoms with Crippen molar-refractivity contribution in [2.45, 2.75) is 40.5 Å². The van der Waals surface area contributed by atoms with Crippen molar-refractivity contribution in [2.75, 3.05) is 0 Å². The van der Waals surface area contributed by atoms with E-state index in [0.717, 1.165) is 12.2 Å². The molecule has 1 nitrogen and oxygen atoms in total. The van der Waals surface area contributed by atoms with Gasteiger partial charge in [0.2, 0.25) is 0 Å². The maximum Gasteiger partial charge on any atom is 0.123 e. The third-order valence-electron chi connectivity index (χ3n) is 3.99. The summed E-state index contributed by atoms with van der Waals surface area (Å²) in [7, 11) is 0. The molecule has 0 bridgehead atoms. The lowest BCUT2D eigenvalue weighted by Crippen LogP contribution is -2.28. The van der Waals surface area contributed by atoms with Crippen molar-refractivity contribution < 1.29 is 4.79 Å². The van der Waals surface area contributed by atoms with Crippen LogP contribution in [0.3, 0.4) is 0 Å². The minimum atomic E-state index is 0.241. The molecule has 0 aromatic carbocycles. The second kappa shape index (κ2) is 3.20. The molecule has 0 amide bonds. The number of carbonyl (C=O) groups excluding carboxylic acids is 1. The van der Waals surface area contributed by atoms with Gasteiger partial charge in [-0.15, -0.1) is 0 Å². The molecule has 3 atom stereocenters. The number of carbonyl (C=O) groups is 1. The fourth-order valence-electron chi connectivity index (χ4n) is 2.57. The summed E-state index contributed by atoms with van der Waals surface area (Å²) in [6.07, 6.45) is 3.63. The first-order valence-corrected chi connectivity index (χ1v) is 4.95. The summed E-state index contributed by atoms with van der Waals surface area (Å²) < 4.78 is 0. The van der Waals surface area contributed by atoms with Crippen molar-refractivity contribution in [2.24, 2.45) is 23.2 Å². The van der Waals surface area contributed by atoms with Crippen molar-refractivity contribution in [3.05, 3.63) is 0 Å². The Morgan fingerprint density at radius 3 is 2.33 bits per heavy atom. The molecule has 0 unspecified atom stereocenters. The molecular formula is C11H20O. The van der Waals surface area contributed by atoms with Crippen LogP contribution in [-0.4, -0.2) is 6.29 Å². The monoisotopic (exact) mass is 168 g/mol. The van der Waals surface area contributed by atoms with E-state index < -0.39 is 0 Å². The van der Waals surface area contributed by atoms with E-state index in [1.165, 1.54) is 12.8 Å². The van der Waals surface area contributed by atoms with Gasteiger partial charge in [-0.2, -0.15) is 0 Å². The molecule has 1 saturated carbocycles. The van der Waals surface area contributed by atoms with E-state index in [-0.39, 0.29) is 5.92 Å². The Morgan fingerprint density at radius 1 is 1.42 bits per heavy atom. The molecule has 12 heavy (non-hydrogen) atoms. The normalized spacial score (nSPS) is 36.3. The van der Waals surface area contributed by atoms with Gasteiger partial charge in [0.15, 0.2) is 0 Å². The first-order chi connectivity index (χ1) is 5.50. The van der Waals surface area contributed by atoms with Gasteiger partial charge in [0.1, 0.15) is 6.29 Å². The summed E-state index contributed by atoms with van der Waals surface area (Å²) in [5.74, 6) is 1.61. The highest BCUT2D eigenvalue weighted by Crippen LogP contribution is 2.49. The number of aldehydes is 1. The number of hydrogen-bond acceptors (Lipinski definition) is 1. The fourth-order valence-corrected chi connectivity index (χ4v) is 2.57. The summed E-state index contributed by atoms with van der Waals surface area (Å²) in [4.78, 5) is 10.7. The zero-order chi connectivity index (χ0) is 9.35. The van der Waals surface area contributed by atoms with Gasteiger partial charge in [0, 0.05) is 5.92 Å². The van der Waals surface area contributed by atoms with E-state index in [2.05, 4.69) is 27.7 Å². The smallest absolute Gasteiger partial charge is 0.123 e. The van der Waals surface area contributed by atoms with Crippen LogP contribution in [0.4, 0.5) is 0 Å². The average molecular weight is 168 g/mol. The SMILES string of the molecule is C[C@H](C=O)[C@H]1CC[C@@H](C)C1(C)C. The second-order valence-corrected chi connectivity index (χ2v) is 4.90. The van der Waals surface area contributed by atoms with Gasteiger partial charge in [-0.25, -0.2) is 0 Å². The van der Waals surface area contributed by atoms with E-state index in [9.17, 15) is 4.79 Å². The van der Waals surface area contributed by atoms with Crippen LogP contribution in [0.15, 0.2) is 0 Å². The first-order valence-electron chi connectivity index (χ1n) is 4.95. The first kappa shape index (κ1) is 9.76. The topological polar surface area (TPSA) is 17.1 Å². The Balaban J connectivity index is 2.74. The van der Waals surface area contributed by atoms with Gasteiger partial charge in [-0.3, -0.25) is 0 Å². The zero-order valence-electron chi connectivity index (χ0n) is 8.63. The largest absolute Gasteiger partial charge is 0.303 e. The molecule has 0 aliphatic heterocycles. The fraction of sp³-hybridized carbons (Fsp3) is 0.909. The highest BCUT2D eigenvalue weighted by atomic mass is 16.1. The molecule has 0 heterocycles. The third kappa shape index (κ3) is 1.41. The van der Waals surface area contributed by atoms with E-state index in [1.54, 1.807) is 0 Å². The highest BCUT2D eigenvalue weighted by Gasteiger charge is 2.42. The molecule has 0 aromatic heterocycles. The van der Waals surface area contributed by atoms with Crippen LogP contribution in [0.5, 0.6) is 0 Å². The van der Waals surface area contributed by atoms with Gasteiger partial charge in [-0.1, -0.05) is 27.7 Å². The Bertz CT molecular complexity index is 172. The van der Waals surface area contributed by atoms with Crippen LogP contribution in [0.25, 0.3) is 0 Å². The average Bonchev–Trinajstić information content (AvgIpc) is 2.27. The molecular weight excluding hydrogens is 148 g/mol. The standard InChI is InChI=1S/C11H20O/c1-8(7-12)10-6-5-9(2)11(10,3)4/h7-10H,5-6H2,1-4H3/t8-,9-,10-/m1/s1. The van der Waals surface area contributed by atoms with Crippen LogP contribution >= 0.6 is 0 Å². The minimum Gasteiger partial charge on any atom is -0.303 e. The summed E-state index contributed by atoms with van der Waals surface area (Å²) in [5, 5.41) is 0.